The Balaban J connectivity index is 1.47. The highest BCUT2D eigenvalue weighted by atomic mass is 16.6. The zero-order valence-electron chi connectivity index (χ0n) is 19.5. The average molecular weight is 465 g/mol. The first-order valence-corrected chi connectivity index (χ1v) is 11.4. The Morgan fingerprint density at radius 3 is 2.47 bits per heavy atom. The first-order valence-electron chi connectivity index (χ1n) is 11.4. The first kappa shape index (κ1) is 23.2. The highest BCUT2D eigenvalue weighted by molar-refractivity contribution is 6.01. The Morgan fingerprint density at radius 1 is 1.15 bits per heavy atom. The van der Waals surface area contributed by atoms with E-state index in [-0.39, 0.29) is 11.3 Å². The van der Waals surface area contributed by atoms with Crippen molar-refractivity contribution in [2.45, 2.75) is 40.2 Å². The second-order valence-electron chi connectivity index (χ2n) is 8.67. The number of imidazole rings is 1. The van der Waals surface area contributed by atoms with Crippen LogP contribution in [0.1, 0.15) is 53.2 Å². The molecule has 0 spiro atoms. The fourth-order valence-corrected chi connectivity index (χ4v) is 4.54. The minimum atomic E-state index is -0.637. The molecule has 2 N–H and O–H groups in total. The van der Waals surface area contributed by atoms with E-state index in [0.29, 0.717) is 22.7 Å². The van der Waals surface area contributed by atoms with E-state index in [1.807, 2.05) is 29.4 Å². The second kappa shape index (κ2) is 9.50. The maximum atomic E-state index is 12.6. The molecule has 1 fully saturated rings. The minimum Gasteiger partial charge on any atom is -0.366 e. The molecule has 1 aromatic heterocycles. The molecule has 2 heterocycles. The van der Waals surface area contributed by atoms with Gasteiger partial charge in [-0.15, -0.1) is 0 Å². The molecule has 10 heteroatoms. The summed E-state index contributed by atoms with van der Waals surface area (Å²) in [4.78, 5) is 42.9. The van der Waals surface area contributed by atoms with Crippen LogP contribution >= 0.6 is 0 Å². The Labute approximate surface area is 197 Å². The third kappa shape index (κ3) is 4.57. The van der Waals surface area contributed by atoms with Gasteiger partial charge in [0.25, 0.3) is 17.5 Å². The van der Waals surface area contributed by atoms with E-state index < -0.39 is 16.7 Å². The number of amides is 2. The lowest BCUT2D eigenvalue weighted by molar-refractivity contribution is -0.384. The van der Waals surface area contributed by atoms with Gasteiger partial charge in [0.15, 0.2) is 0 Å². The lowest BCUT2D eigenvalue weighted by Gasteiger charge is -2.32. The van der Waals surface area contributed by atoms with Crippen LogP contribution in [-0.2, 0) is 6.54 Å². The molecule has 1 aliphatic heterocycles. The number of hydrogen-bond donors (Lipinski definition) is 2. The van der Waals surface area contributed by atoms with Crippen molar-refractivity contribution in [1.82, 2.24) is 20.4 Å². The molecule has 178 valence electrons. The molecule has 1 atom stereocenters. The van der Waals surface area contributed by atoms with Gasteiger partial charge in [-0.05, 0) is 62.9 Å². The number of aryl methyl sites for hydroxylation is 2. The molecular weight excluding hydrogens is 436 g/mol. The number of rotatable bonds is 5. The third-order valence-corrected chi connectivity index (χ3v) is 6.24. The average Bonchev–Trinajstić information content (AvgIpc) is 3.15. The minimum absolute atomic E-state index is 0.0913. The molecule has 4 rings (SSSR count). The number of hydrazine groups is 1. The number of piperidine rings is 1. The number of hydrogen-bond acceptors (Lipinski definition) is 6. The van der Waals surface area contributed by atoms with Crippen LogP contribution in [0.5, 0.6) is 0 Å². The number of anilines is 1. The normalized spacial score (nSPS) is 15.9. The van der Waals surface area contributed by atoms with Gasteiger partial charge in [-0.1, -0.05) is 6.92 Å². The van der Waals surface area contributed by atoms with Gasteiger partial charge in [0.1, 0.15) is 11.5 Å². The highest BCUT2D eigenvalue weighted by Gasteiger charge is 2.25. The SMILES string of the molecule is CCn1c(C)nc2cc(C(=O)NNC(=O)c3ccc(N4CCCC(C)C4)c([N+](=O)[O-])c3)ccc21. The number of nitrogens with one attached hydrogen (secondary N) is 2. The summed E-state index contributed by atoms with van der Waals surface area (Å²) >= 11 is 0. The van der Waals surface area contributed by atoms with Crippen LogP contribution in [0.3, 0.4) is 0 Å². The molecule has 10 nitrogen and oxygen atoms in total. The van der Waals surface area contributed by atoms with Crippen LogP contribution in [0, 0.1) is 23.0 Å². The Morgan fingerprint density at radius 2 is 1.82 bits per heavy atom. The van der Waals surface area contributed by atoms with Gasteiger partial charge >= 0.3 is 0 Å². The fourth-order valence-electron chi connectivity index (χ4n) is 4.54. The molecule has 3 aromatic rings. The van der Waals surface area contributed by atoms with Crippen molar-refractivity contribution in [3.8, 4) is 0 Å². The smallest absolute Gasteiger partial charge is 0.293 e. The predicted octanol–water partition coefficient (Wildman–Crippen LogP) is 3.58. The van der Waals surface area contributed by atoms with Gasteiger partial charge in [-0.2, -0.15) is 0 Å². The Kier molecular flexibility index (Phi) is 6.49. The van der Waals surface area contributed by atoms with E-state index in [4.69, 9.17) is 0 Å². The molecule has 2 aromatic carbocycles. The fraction of sp³-hybridized carbons (Fsp3) is 0.375. The number of benzene rings is 2. The number of nitro groups is 1. The van der Waals surface area contributed by atoms with Crippen molar-refractivity contribution < 1.29 is 14.5 Å². The quantitative estimate of drug-likeness (QED) is 0.440. The molecule has 1 unspecified atom stereocenters. The van der Waals surface area contributed by atoms with Gasteiger partial charge in [0.2, 0.25) is 0 Å². The Bertz CT molecular complexity index is 1270. The van der Waals surface area contributed by atoms with E-state index in [9.17, 15) is 19.7 Å². The van der Waals surface area contributed by atoms with Gasteiger partial charge < -0.3 is 9.47 Å². The number of nitrogens with zero attached hydrogens (tertiary/aromatic N) is 4. The number of aromatic nitrogens is 2. The molecule has 0 radical (unpaired) electrons. The zero-order chi connectivity index (χ0) is 24.4. The molecule has 34 heavy (non-hydrogen) atoms. The van der Waals surface area contributed by atoms with Crippen molar-refractivity contribution in [1.29, 1.82) is 0 Å². The number of nitro benzene ring substituents is 1. The predicted molar refractivity (Wildman–Crippen MR) is 129 cm³/mol. The van der Waals surface area contributed by atoms with E-state index in [2.05, 4.69) is 22.8 Å². The summed E-state index contributed by atoms with van der Waals surface area (Å²) in [6.07, 6.45) is 2.06. The van der Waals surface area contributed by atoms with Crippen LogP contribution in [0.25, 0.3) is 11.0 Å². The summed E-state index contributed by atoms with van der Waals surface area (Å²) in [5, 5.41) is 11.7. The van der Waals surface area contributed by atoms with E-state index in [1.54, 1.807) is 18.2 Å². The third-order valence-electron chi connectivity index (χ3n) is 6.24. The van der Waals surface area contributed by atoms with E-state index >= 15 is 0 Å². The van der Waals surface area contributed by atoms with Crippen molar-refractivity contribution in [2.75, 3.05) is 18.0 Å². The summed E-state index contributed by atoms with van der Waals surface area (Å²) < 4.78 is 2.04. The standard InChI is InChI=1S/C24H28N6O4/c1-4-29-16(3)25-19-12-17(7-9-20(19)29)23(31)26-27-24(32)18-8-10-21(22(13-18)30(33)34)28-11-5-6-15(2)14-28/h7-10,12-13,15H,4-6,11,14H2,1-3H3,(H,26,31)(H,27,32). The lowest BCUT2D eigenvalue weighted by Crippen LogP contribution is -2.41. The maximum absolute atomic E-state index is 12.6. The molecule has 0 saturated carbocycles. The highest BCUT2D eigenvalue weighted by Crippen LogP contribution is 2.32. The topological polar surface area (TPSA) is 122 Å². The van der Waals surface area contributed by atoms with Crippen LogP contribution in [0.15, 0.2) is 36.4 Å². The van der Waals surface area contributed by atoms with Crippen molar-refractivity contribution in [2.24, 2.45) is 5.92 Å². The molecule has 0 bridgehead atoms. The van der Waals surface area contributed by atoms with Crippen LogP contribution in [-0.4, -0.2) is 39.4 Å². The van der Waals surface area contributed by atoms with Crippen molar-refractivity contribution in [3.05, 3.63) is 63.5 Å². The number of carbonyl (C=O) groups excluding carboxylic acids is 2. The summed E-state index contributed by atoms with van der Waals surface area (Å²) in [7, 11) is 0. The Hall–Kier alpha value is -3.95. The summed E-state index contributed by atoms with van der Waals surface area (Å²) in [6.45, 7) is 8.30. The van der Waals surface area contributed by atoms with Crippen LogP contribution in [0.4, 0.5) is 11.4 Å². The molecule has 1 saturated heterocycles. The summed E-state index contributed by atoms with van der Waals surface area (Å²) in [5.74, 6) is 0.160. The first-order chi connectivity index (χ1) is 16.3. The van der Waals surface area contributed by atoms with Crippen molar-refractivity contribution in [3.63, 3.8) is 0 Å². The second-order valence-corrected chi connectivity index (χ2v) is 8.67. The molecule has 1 aliphatic rings. The van der Waals surface area contributed by atoms with Crippen molar-refractivity contribution >= 4 is 34.2 Å². The van der Waals surface area contributed by atoms with E-state index in [1.165, 1.54) is 12.1 Å². The van der Waals surface area contributed by atoms with Gasteiger partial charge in [0, 0.05) is 36.8 Å². The largest absolute Gasteiger partial charge is 0.366 e. The number of carbonyl (C=O) groups is 2. The zero-order valence-corrected chi connectivity index (χ0v) is 19.5. The monoisotopic (exact) mass is 464 g/mol. The van der Waals surface area contributed by atoms with Crippen LogP contribution < -0.4 is 15.8 Å². The maximum Gasteiger partial charge on any atom is 0.293 e. The summed E-state index contributed by atoms with van der Waals surface area (Å²) in [5.41, 5.74) is 7.15. The number of fused-ring (bicyclic) bond motifs is 1. The molecule has 2 amide bonds. The van der Waals surface area contributed by atoms with E-state index in [0.717, 1.165) is 43.8 Å². The van der Waals surface area contributed by atoms with Gasteiger partial charge in [-0.3, -0.25) is 30.6 Å². The summed E-state index contributed by atoms with van der Waals surface area (Å²) in [6, 6.07) is 9.54. The van der Waals surface area contributed by atoms with Crippen LogP contribution in [0.2, 0.25) is 0 Å². The van der Waals surface area contributed by atoms with Gasteiger partial charge in [-0.25, -0.2) is 4.98 Å². The molecular formula is C24H28N6O4. The van der Waals surface area contributed by atoms with Gasteiger partial charge in [0.05, 0.1) is 16.0 Å². The molecule has 0 aliphatic carbocycles. The lowest BCUT2D eigenvalue weighted by atomic mass is 9.99.